The van der Waals surface area contributed by atoms with Gasteiger partial charge in [0.25, 0.3) is 5.91 Å². The molecule has 0 saturated carbocycles. The third kappa shape index (κ3) is 2.41. The highest BCUT2D eigenvalue weighted by Crippen LogP contribution is 2.23. The molecule has 0 bridgehead atoms. The molecule has 1 aromatic heterocycles. The number of pyridine rings is 1. The summed E-state index contributed by atoms with van der Waals surface area (Å²) in [6.07, 6.45) is 1.38. The molecule has 0 radical (unpaired) electrons. The van der Waals surface area contributed by atoms with Gasteiger partial charge >= 0.3 is 0 Å². The summed E-state index contributed by atoms with van der Waals surface area (Å²) >= 11 is 5.95. The molecule has 0 aliphatic rings. The molecule has 0 spiro atoms. The van der Waals surface area contributed by atoms with Crippen molar-refractivity contribution in [3.8, 4) is 0 Å². The predicted octanol–water partition coefficient (Wildman–Crippen LogP) is 1.67. The first kappa shape index (κ1) is 12.3. The Labute approximate surface area is 108 Å². The first-order chi connectivity index (χ1) is 8.59. The van der Waals surface area contributed by atoms with E-state index in [1.807, 2.05) is 6.07 Å². The number of halogens is 1. The van der Waals surface area contributed by atoms with Crippen molar-refractivity contribution in [1.29, 1.82) is 0 Å². The van der Waals surface area contributed by atoms with Gasteiger partial charge in [-0.25, -0.2) is 4.98 Å². The summed E-state index contributed by atoms with van der Waals surface area (Å²) in [5.74, 6) is -0.792. The first-order valence-corrected chi connectivity index (χ1v) is 5.57. The Hall–Kier alpha value is -2.14. The van der Waals surface area contributed by atoms with E-state index in [9.17, 15) is 9.59 Å². The van der Waals surface area contributed by atoms with Crippen LogP contribution in [0.3, 0.4) is 0 Å². The van der Waals surface area contributed by atoms with Crippen LogP contribution in [-0.2, 0) is 4.79 Å². The van der Waals surface area contributed by atoms with Crippen LogP contribution in [0.4, 0.5) is 0 Å². The molecule has 0 fully saturated rings. The van der Waals surface area contributed by atoms with E-state index in [0.717, 1.165) is 0 Å². The summed E-state index contributed by atoms with van der Waals surface area (Å²) in [6, 6.07) is 7.16. The highest BCUT2D eigenvalue weighted by atomic mass is 35.5. The van der Waals surface area contributed by atoms with Crippen LogP contribution >= 0.6 is 11.6 Å². The van der Waals surface area contributed by atoms with E-state index in [4.69, 9.17) is 11.6 Å². The Kier molecular flexibility index (Phi) is 3.43. The zero-order chi connectivity index (χ0) is 13.1. The second kappa shape index (κ2) is 5.01. The summed E-state index contributed by atoms with van der Waals surface area (Å²) in [5.41, 5.74) is 4.86. The predicted molar refractivity (Wildman–Crippen MR) is 68.0 cm³/mol. The quantitative estimate of drug-likeness (QED) is 0.607. The molecule has 1 aromatic carbocycles. The van der Waals surface area contributed by atoms with Crippen LogP contribution < -0.4 is 10.9 Å². The van der Waals surface area contributed by atoms with E-state index in [0.29, 0.717) is 21.5 Å². The number of nitrogens with zero attached hydrogens (tertiary/aromatic N) is 1. The van der Waals surface area contributed by atoms with Crippen molar-refractivity contribution in [2.45, 2.75) is 6.92 Å². The van der Waals surface area contributed by atoms with Crippen molar-refractivity contribution < 1.29 is 9.59 Å². The Morgan fingerprint density at radius 1 is 1.17 bits per heavy atom. The number of nitrogens with one attached hydrogen (secondary N) is 2. The SMILES string of the molecule is CC(=O)NNC(=O)c1cnc(Cl)c2ccccc12. The summed E-state index contributed by atoms with van der Waals surface area (Å²) < 4.78 is 0. The molecule has 0 unspecified atom stereocenters. The summed E-state index contributed by atoms with van der Waals surface area (Å²) in [4.78, 5) is 26.5. The van der Waals surface area contributed by atoms with Gasteiger partial charge in [-0.2, -0.15) is 0 Å². The first-order valence-electron chi connectivity index (χ1n) is 5.20. The van der Waals surface area contributed by atoms with E-state index in [1.54, 1.807) is 18.2 Å². The average molecular weight is 264 g/mol. The molecule has 0 aliphatic heterocycles. The van der Waals surface area contributed by atoms with Crippen molar-refractivity contribution in [2.75, 3.05) is 0 Å². The van der Waals surface area contributed by atoms with Gasteiger partial charge in [0.1, 0.15) is 5.15 Å². The minimum Gasteiger partial charge on any atom is -0.274 e. The second-order valence-electron chi connectivity index (χ2n) is 3.64. The number of fused-ring (bicyclic) bond motifs is 1. The lowest BCUT2D eigenvalue weighted by molar-refractivity contribution is -0.119. The molecule has 92 valence electrons. The van der Waals surface area contributed by atoms with Gasteiger partial charge in [-0.1, -0.05) is 35.9 Å². The zero-order valence-electron chi connectivity index (χ0n) is 9.53. The molecule has 6 heteroatoms. The molecular weight excluding hydrogens is 254 g/mol. The number of carbonyl (C=O) groups is 2. The van der Waals surface area contributed by atoms with Crippen LogP contribution in [-0.4, -0.2) is 16.8 Å². The van der Waals surface area contributed by atoms with Gasteiger partial charge in [0.05, 0.1) is 5.56 Å². The number of hydrogen-bond acceptors (Lipinski definition) is 3. The molecule has 0 saturated heterocycles. The average Bonchev–Trinajstić information content (AvgIpc) is 2.37. The third-order valence-corrected chi connectivity index (χ3v) is 2.64. The number of carbonyl (C=O) groups excluding carboxylic acids is 2. The van der Waals surface area contributed by atoms with Gasteiger partial charge in [0.2, 0.25) is 5.91 Å². The molecule has 1 heterocycles. The molecule has 0 aliphatic carbocycles. The van der Waals surface area contributed by atoms with Gasteiger partial charge < -0.3 is 0 Å². The van der Waals surface area contributed by atoms with E-state index in [-0.39, 0.29) is 5.91 Å². The molecular formula is C12H10ClN3O2. The molecule has 5 nitrogen and oxygen atoms in total. The fourth-order valence-corrected chi connectivity index (χ4v) is 1.76. The molecule has 0 atom stereocenters. The van der Waals surface area contributed by atoms with Crippen molar-refractivity contribution in [1.82, 2.24) is 15.8 Å². The molecule has 18 heavy (non-hydrogen) atoms. The number of hydrazine groups is 1. The Morgan fingerprint density at radius 2 is 1.83 bits per heavy atom. The smallest absolute Gasteiger partial charge is 0.271 e. The van der Waals surface area contributed by atoms with Crippen LogP contribution in [0.2, 0.25) is 5.15 Å². The van der Waals surface area contributed by atoms with E-state index >= 15 is 0 Å². The minimum absolute atomic E-state index is 0.335. The van der Waals surface area contributed by atoms with Crippen LogP contribution in [0.1, 0.15) is 17.3 Å². The number of benzene rings is 1. The second-order valence-corrected chi connectivity index (χ2v) is 4.00. The van der Waals surface area contributed by atoms with Crippen LogP contribution in [0.15, 0.2) is 30.5 Å². The lowest BCUT2D eigenvalue weighted by Gasteiger charge is -2.08. The van der Waals surface area contributed by atoms with E-state index in [2.05, 4.69) is 15.8 Å². The maximum atomic E-state index is 11.9. The van der Waals surface area contributed by atoms with Crippen LogP contribution in [0, 0.1) is 0 Å². The van der Waals surface area contributed by atoms with E-state index < -0.39 is 5.91 Å². The number of amides is 2. The van der Waals surface area contributed by atoms with Crippen molar-refractivity contribution in [3.05, 3.63) is 41.2 Å². The van der Waals surface area contributed by atoms with Crippen LogP contribution in [0.25, 0.3) is 10.8 Å². The fraction of sp³-hybridized carbons (Fsp3) is 0.0833. The topological polar surface area (TPSA) is 71.1 Å². The summed E-state index contributed by atoms with van der Waals surface area (Å²) in [6.45, 7) is 1.30. The molecule has 2 N–H and O–H groups in total. The molecule has 2 aromatic rings. The monoisotopic (exact) mass is 263 g/mol. The largest absolute Gasteiger partial charge is 0.274 e. The summed E-state index contributed by atoms with van der Waals surface area (Å²) in [7, 11) is 0. The third-order valence-electron chi connectivity index (χ3n) is 2.34. The molecule has 2 rings (SSSR count). The Balaban J connectivity index is 2.42. The van der Waals surface area contributed by atoms with Gasteiger partial charge in [-0.3, -0.25) is 20.4 Å². The zero-order valence-corrected chi connectivity index (χ0v) is 10.3. The van der Waals surface area contributed by atoms with Gasteiger partial charge in [0.15, 0.2) is 0 Å². The lowest BCUT2D eigenvalue weighted by Crippen LogP contribution is -2.40. The lowest BCUT2D eigenvalue weighted by atomic mass is 10.1. The highest BCUT2D eigenvalue weighted by Gasteiger charge is 2.12. The summed E-state index contributed by atoms with van der Waals surface area (Å²) in [5, 5.41) is 1.71. The van der Waals surface area contributed by atoms with Gasteiger partial charge in [-0.05, 0) is 5.39 Å². The standard InChI is InChI=1S/C12H10ClN3O2/c1-7(17)15-16-12(18)10-6-14-11(13)9-5-3-2-4-8(9)10/h2-6H,1H3,(H,15,17)(H,16,18). The maximum Gasteiger partial charge on any atom is 0.271 e. The maximum absolute atomic E-state index is 11.9. The number of aromatic nitrogens is 1. The van der Waals surface area contributed by atoms with Gasteiger partial charge in [0, 0.05) is 18.5 Å². The van der Waals surface area contributed by atoms with Crippen molar-refractivity contribution in [2.24, 2.45) is 0 Å². The number of hydrogen-bond donors (Lipinski definition) is 2. The normalized spacial score (nSPS) is 10.1. The van der Waals surface area contributed by atoms with Gasteiger partial charge in [-0.15, -0.1) is 0 Å². The minimum atomic E-state index is -0.439. The van der Waals surface area contributed by atoms with E-state index in [1.165, 1.54) is 13.1 Å². The molecule has 2 amide bonds. The highest BCUT2D eigenvalue weighted by molar-refractivity contribution is 6.34. The Morgan fingerprint density at radius 3 is 2.50 bits per heavy atom. The van der Waals surface area contributed by atoms with Crippen molar-refractivity contribution in [3.63, 3.8) is 0 Å². The number of rotatable bonds is 1. The Bertz CT molecular complexity index is 628. The fourth-order valence-electron chi connectivity index (χ4n) is 1.55. The van der Waals surface area contributed by atoms with Crippen molar-refractivity contribution >= 4 is 34.2 Å². The van der Waals surface area contributed by atoms with Crippen LogP contribution in [0.5, 0.6) is 0 Å².